The lowest BCUT2D eigenvalue weighted by Crippen LogP contribution is -2.25. The van der Waals surface area contributed by atoms with Gasteiger partial charge in [-0.05, 0) is 28.8 Å². The fraction of sp³-hybridized carbons (Fsp3) is 0.444. The van der Waals surface area contributed by atoms with Crippen LogP contribution in [-0.2, 0) is 11.3 Å². The quantitative estimate of drug-likeness (QED) is 0.821. The first-order valence-electron chi connectivity index (χ1n) is 4.26. The van der Waals surface area contributed by atoms with Crippen molar-refractivity contribution in [2.75, 3.05) is 0 Å². The van der Waals surface area contributed by atoms with Gasteiger partial charge >= 0.3 is 0 Å². The van der Waals surface area contributed by atoms with Gasteiger partial charge in [0.25, 0.3) is 0 Å². The van der Waals surface area contributed by atoms with Gasteiger partial charge in [-0.3, -0.25) is 4.79 Å². The Morgan fingerprint density at radius 2 is 2.43 bits per heavy atom. The minimum atomic E-state index is -0.821. The van der Waals surface area contributed by atoms with Crippen molar-refractivity contribution in [2.24, 2.45) is 5.92 Å². The lowest BCUT2D eigenvalue weighted by atomic mass is 10.3. The molecule has 1 aliphatic carbocycles. The highest BCUT2D eigenvalue weighted by Crippen LogP contribution is 2.53. The van der Waals surface area contributed by atoms with Crippen LogP contribution >= 0.6 is 34.5 Å². The molecule has 14 heavy (non-hydrogen) atoms. The number of halogens is 2. The van der Waals surface area contributed by atoms with E-state index in [1.165, 1.54) is 0 Å². The average molecular weight is 250 g/mol. The highest BCUT2D eigenvalue weighted by molar-refractivity contribution is 7.07. The SMILES string of the molecule is O=C(NCc1ccsc1)C1CC1(Cl)Cl. The largest absolute Gasteiger partial charge is 0.352 e. The highest BCUT2D eigenvalue weighted by Gasteiger charge is 2.56. The maximum Gasteiger partial charge on any atom is 0.226 e. The molecule has 2 rings (SSSR count). The Hall–Kier alpha value is -0.250. The van der Waals surface area contributed by atoms with Crippen LogP contribution in [0.25, 0.3) is 0 Å². The summed E-state index contributed by atoms with van der Waals surface area (Å²) >= 11 is 13.2. The van der Waals surface area contributed by atoms with Crippen molar-refractivity contribution in [2.45, 2.75) is 17.3 Å². The molecule has 1 N–H and O–H groups in total. The van der Waals surface area contributed by atoms with E-state index in [2.05, 4.69) is 5.32 Å². The summed E-state index contributed by atoms with van der Waals surface area (Å²) in [6, 6.07) is 1.98. The second-order valence-corrected chi connectivity index (χ2v) is 5.69. The number of nitrogens with one attached hydrogen (secondary N) is 1. The Balaban J connectivity index is 1.80. The Bertz CT molecular complexity index is 337. The van der Waals surface area contributed by atoms with E-state index in [1.54, 1.807) is 11.3 Å². The maximum absolute atomic E-state index is 11.4. The predicted molar refractivity (Wildman–Crippen MR) is 58.7 cm³/mol. The van der Waals surface area contributed by atoms with Crippen molar-refractivity contribution < 1.29 is 4.79 Å². The van der Waals surface area contributed by atoms with E-state index in [-0.39, 0.29) is 11.8 Å². The third-order valence-corrected chi connectivity index (χ3v) is 3.76. The minimum absolute atomic E-state index is 0.0544. The first kappa shape index (κ1) is 10.3. The molecule has 1 fully saturated rings. The van der Waals surface area contributed by atoms with Crippen LogP contribution in [-0.4, -0.2) is 10.2 Å². The second-order valence-electron chi connectivity index (χ2n) is 3.37. The maximum atomic E-state index is 11.4. The van der Waals surface area contributed by atoms with E-state index in [0.717, 1.165) is 5.56 Å². The van der Waals surface area contributed by atoms with Gasteiger partial charge in [-0.1, -0.05) is 0 Å². The summed E-state index contributed by atoms with van der Waals surface area (Å²) < 4.78 is -0.821. The molecule has 1 aromatic rings. The molecule has 0 spiro atoms. The van der Waals surface area contributed by atoms with Gasteiger partial charge < -0.3 is 5.32 Å². The predicted octanol–water partition coefficient (Wildman–Crippen LogP) is 2.56. The van der Waals surface area contributed by atoms with E-state index in [9.17, 15) is 4.79 Å². The zero-order valence-electron chi connectivity index (χ0n) is 7.30. The van der Waals surface area contributed by atoms with Crippen LogP contribution < -0.4 is 5.32 Å². The van der Waals surface area contributed by atoms with Crippen LogP contribution in [0.5, 0.6) is 0 Å². The Kier molecular flexibility index (Phi) is 2.73. The van der Waals surface area contributed by atoms with Gasteiger partial charge in [0.15, 0.2) is 0 Å². The van der Waals surface area contributed by atoms with Crippen LogP contribution in [0, 0.1) is 5.92 Å². The first-order chi connectivity index (χ1) is 6.59. The third-order valence-electron chi connectivity index (χ3n) is 2.19. The number of carbonyl (C=O) groups excluding carboxylic acids is 1. The lowest BCUT2D eigenvalue weighted by Gasteiger charge is -2.02. The molecule has 0 radical (unpaired) electrons. The van der Waals surface area contributed by atoms with E-state index in [1.807, 2.05) is 16.8 Å². The van der Waals surface area contributed by atoms with Crippen molar-refractivity contribution in [3.63, 3.8) is 0 Å². The molecule has 2 nitrogen and oxygen atoms in total. The molecule has 1 aliphatic rings. The molecule has 1 aromatic heterocycles. The fourth-order valence-corrected chi connectivity index (χ4v) is 2.38. The van der Waals surface area contributed by atoms with Crippen LogP contribution in [0.15, 0.2) is 16.8 Å². The monoisotopic (exact) mass is 249 g/mol. The van der Waals surface area contributed by atoms with Crippen LogP contribution in [0.4, 0.5) is 0 Å². The number of hydrogen-bond donors (Lipinski definition) is 1. The Morgan fingerprint density at radius 3 is 2.93 bits per heavy atom. The summed E-state index contributed by atoms with van der Waals surface area (Å²) in [5.74, 6) is -0.286. The summed E-state index contributed by atoms with van der Waals surface area (Å²) in [6.07, 6.45) is 0.561. The highest BCUT2D eigenvalue weighted by atomic mass is 35.5. The van der Waals surface area contributed by atoms with Gasteiger partial charge in [-0.2, -0.15) is 11.3 Å². The Morgan fingerprint density at radius 1 is 1.71 bits per heavy atom. The number of hydrogen-bond acceptors (Lipinski definition) is 2. The molecular formula is C9H9Cl2NOS. The third kappa shape index (κ3) is 2.22. The smallest absolute Gasteiger partial charge is 0.226 e. The van der Waals surface area contributed by atoms with E-state index < -0.39 is 4.33 Å². The van der Waals surface area contributed by atoms with Gasteiger partial charge in [0, 0.05) is 6.54 Å². The van der Waals surface area contributed by atoms with Gasteiger partial charge in [0.2, 0.25) is 5.91 Å². The van der Waals surface area contributed by atoms with Crippen molar-refractivity contribution in [1.29, 1.82) is 0 Å². The molecule has 1 unspecified atom stereocenters. The number of carbonyl (C=O) groups is 1. The molecule has 5 heteroatoms. The lowest BCUT2D eigenvalue weighted by molar-refractivity contribution is -0.122. The molecule has 1 heterocycles. The van der Waals surface area contributed by atoms with Crippen molar-refractivity contribution >= 4 is 40.4 Å². The number of amides is 1. The zero-order chi connectivity index (χ0) is 10.2. The molecule has 0 aromatic carbocycles. The molecule has 0 bridgehead atoms. The molecule has 1 amide bonds. The average Bonchev–Trinajstić information content (AvgIpc) is 2.61. The van der Waals surface area contributed by atoms with Crippen molar-refractivity contribution in [3.05, 3.63) is 22.4 Å². The molecule has 0 aliphatic heterocycles. The second kappa shape index (κ2) is 3.72. The van der Waals surface area contributed by atoms with Gasteiger partial charge in [0.1, 0.15) is 4.33 Å². The molecular weight excluding hydrogens is 241 g/mol. The normalized spacial score (nSPS) is 23.1. The molecule has 1 saturated carbocycles. The van der Waals surface area contributed by atoms with E-state index in [0.29, 0.717) is 13.0 Å². The first-order valence-corrected chi connectivity index (χ1v) is 5.96. The summed E-state index contributed by atoms with van der Waals surface area (Å²) in [4.78, 5) is 11.4. The number of rotatable bonds is 3. The summed E-state index contributed by atoms with van der Waals surface area (Å²) in [7, 11) is 0. The van der Waals surface area contributed by atoms with Crippen LogP contribution in [0.3, 0.4) is 0 Å². The minimum Gasteiger partial charge on any atom is -0.352 e. The summed E-state index contributed by atoms with van der Waals surface area (Å²) in [5.41, 5.74) is 1.11. The van der Waals surface area contributed by atoms with Crippen LogP contribution in [0.2, 0.25) is 0 Å². The van der Waals surface area contributed by atoms with E-state index >= 15 is 0 Å². The summed E-state index contributed by atoms with van der Waals surface area (Å²) in [6.45, 7) is 0.558. The number of thiophene rings is 1. The van der Waals surface area contributed by atoms with Crippen molar-refractivity contribution in [1.82, 2.24) is 5.32 Å². The topological polar surface area (TPSA) is 29.1 Å². The molecule has 1 atom stereocenters. The van der Waals surface area contributed by atoms with Gasteiger partial charge in [0.05, 0.1) is 5.92 Å². The summed E-state index contributed by atoms with van der Waals surface area (Å²) in [5, 5.41) is 6.78. The van der Waals surface area contributed by atoms with Crippen molar-refractivity contribution in [3.8, 4) is 0 Å². The van der Waals surface area contributed by atoms with Crippen LogP contribution in [0.1, 0.15) is 12.0 Å². The standard InChI is InChI=1S/C9H9Cl2NOS/c10-9(11)3-7(9)8(13)12-4-6-1-2-14-5-6/h1-2,5,7H,3-4H2,(H,12,13). The molecule has 76 valence electrons. The number of alkyl halides is 2. The Labute approximate surface area is 96.2 Å². The van der Waals surface area contributed by atoms with Gasteiger partial charge in [-0.15, -0.1) is 23.2 Å². The fourth-order valence-electron chi connectivity index (χ4n) is 1.20. The zero-order valence-corrected chi connectivity index (χ0v) is 9.62. The molecule has 0 saturated heterocycles. The van der Waals surface area contributed by atoms with E-state index in [4.69, 9.17) is 23.2 Å². The van der Waals surface area contributed by atoms with Gasteiger partial charge in [-0.25, -0.2) is 0 Å².